The molecule has 1 aliphatic rings. The average molecular weight is 279 g/mol. The fourth-order valence-electron chi connectivity index (χ4n) is 2.75. The summed E-state index contributed by atoms with van der Waals surface area (Å²) in [5.41, 5.74) is 1.09. The maximum Gasteiger partial charge on any atom is 0.315 e. The molecule has 0 aromatic carbocycles. The molecule has 1 fully saturated rings. The quantitative estimate of drug-likeness (QED) is 0.864. The molecule has 2 heterocycles. The van der Waals surface area contributed by atoms with Crippen molar-refractivity contribution in [1.82, 2.24) is 15.2 Å². The van der Waals surface area contributed by atoms with Crippen LogP contribution in [0, 0.1) is 11.8 Å². The molecule has 0 bridgehead atoms. The van der Waals surface area contributed by atoms with Gasteiger partial charge in [-0.1, -0.05) is 13.8 Å². The Bertz CT molecular complexity index is 442. The van der Waals surface area contributed by atoms with Crippen molar-refractivity contribution in [2.45, 2.75) is 32.9 Å². The molecule has 2 N–H and O–H groups in total. The number of nitrogens with zero attached hydrogens (tertiary/aromatic N) is 1. The second kappa shape index (κ2) is 6.79. The van der Waals surface area contributed by atoms with E-state index in [4.69, 9.17) is 4.74 Å². The number of amides is 2. The number of hydrogen-bond acceptors (Lipinski definition) is 2. The van der Waals surface area contributed by atoms with Crippen molar-refractivity contribution in [3.63, 3.8) is 0 Å². The summed E-state index contributed by atoms with van der Waals surface area (Å²) in [5, 5.41) is 5.83. The monoisotopic (exact) mass is 279 g/mol. The summed E-state index contributed by atoms with van der Waals surface area (Å²) >= 11 is 0. The zero-order chi connectivity index (χ0) is 14.5. The first-order valence-corrected chi connectivity index (χ1v) is 7.31. The Kier molecular flexibility index (Phi) is 5.06. The van der Waals surface area contributed by atoms with E-state index in [9.17, 15) is 4.79 Å². The van der Waals surface area contributed by atoms with E-state index in [1.165, 1.54) is 0 Å². The fourth-order valence-corrected chi connectivity index (χ4v) is 2.75. The molecular formula is C15H25N3O2. The minimum absolute atomic E-state index is 0.111. The maximum absolute atomic E-state index is 11.8. The molecule has 112 valence electrons. The summed E-state index contributed by atoms with van der Waals surface area (Å²) in [6.45, 7) is 6.36. The van der Waals surface area contributed by atoms with Crippen LogP contribution in [-0.2, 0) is 18.3 Å². The van der Waals surface area contributed by atoms with Crippen molar-refractivity contribution in [2.75, 3.05) is 13.2 Å². The first-order chi connectivity index (χ1) is 9.58. The topological polar surface area (TPSA) is 55.3 Å². The van der Waals surface area contributed by atoms with Gasteiger partial charge >= 0.3 is 6.03 Å². The van der Waals surface area contributed by atoms with E-state index in [1.807, 2.05) is 29.9 Å². The number of carbonyl (C=O) groups excluding carboxylic acids is 1. The Morgan fingerprint density at radius 1 is 1.50 bits per heavy atom. The van der Waals surface area contributed by atoms with Crippen LogP contribution in [0.25, 0.3) is 0 Å². The molecule has 0 saturated carbocycles. The number of hydrogen-bond donors (Lipinski definition) is 2. The van der Waals surface area contributed by atoms with Crippen molar-refractivity contribution in [2.24, 2.45) is 18.9 Å². The lowest BCUT2D eigenvalue weighted by Gasteiger charge is -2.22. The Morgan fingerprint density at radius 3 is 2.95 bits per heavy atom. The van der Waals surface area contributed by atoms with Gasteiger partial charge in [-0.3, -0.25) is 0 Å². The Labute approximate surface area is 120 Å². The minimum atomic E-state index is -0.111. The van der Waals surface area contributed by atoms with Crippen LogP contribution in [-0.4, -0.2) is 29.9 Å². The molecule has 5 nitrogen and oxygen atoms in total. The zero-order valence-corrected chi connectivity index (χ0v) is 12.6. The molecule has 20 heavy (non-hydrogen) atoms. The van der Waals surface area contributed by atoms with Crippen LogP contribution in [0.4, 0.5) is 4.79 Å². The molecule has 0 unspecified atom stereocenters. The Balaban J connectivity index is 1.71. The maximum atomic E-state index is 11.8. The van der Waals surface area contributed by atoms with Crippen LogP contribution in [0.15, 0.2) is 18.3 Å². The van der Waals surface area contributed by atoms with E-state index in [2.05, 4.69) is 24.5 Å². The number of aryl methyl sites for hydroxylation is 1. The van der Waals surface area contributed by atoms with Gasteiger partial charge in [0.25, 0.3) is 0 Å². The highest BCUT2D eigenvalue weighted by atomic mass is 16.5. The van der Waals surface area contributed by atoms with E-state index in [1.54, 1.807) is 0 Å². The number of aromatic nitrogens is 1. The van der Waals surface area contributed by atoms with Gasteiger partial charge in [-0.2, -0.15) is 0 Å². The highest BCUT2D eigenvalue weighted by molar-refractivity contribution is 5.73. The SMILES string of the molecule is CC(C)[C@H]1OCC[C@H]1CNC(=O)NCc1cccn1C. The molecular weight excluding hydrogens is 254 g/mol. The summed E-state index contributed by atoms with van der Waals surface area (Å²) in [7, 11) is 1.97. The highest BCUT2D eigenvalue weighted by Gasteiger charge is 2.30. The normalized spacial score (nSPS) is 22.2. The number of rotatable bonds is 5. The van der Waals surface area contributed by atoms with Crippen molar-refractivity contribution in [1.29, 1.82) is 0 Å². The summed E-state index contributed by atoms with van der Waals surface area (Å²) in [6.07, 6.45) is 3.27. The summed E-state index contributed by atoms with van der Waals surface area (Å²) < 4.78 is 7.72. The second-order valence-corrected chi connectivity index (χ2v) is 5.80. The van der Waals surface area contributed by atoms with Crippen LogP contribution in [0.3, 0.4) is 0 Å². The van der Waals surface area contributed by atoms with Crippen LogP contribution in [0.5, 0.6) is 0 Å². The predicted octanol–water partition coefficient (Wildman–Crippen LogP) is 1.89. The van der Waals surface area contributed by atoms with Gasteiger partial charge in [0.1, 0.15) is 0 Å². The van der Waals surface area contributed by atoms with Crippen molar-refractivity contribution >= 4 is 6.03 Å². The number of urea groups is 1. The first-order valence-electron chi connectivity index (χ1n) is 7.31. The van der Waals surface area contributed by atoms with Gasteiger partial charge in [0.05, 0.1) is 12.6 Å². The molecule has 1 aromatic rings. The smallest absolute Gasteiger partial charge is 0.315 e. The fraction of sp³-hybridized carbons (Fsp3) is 0.667. The van der Waals surface area contributed by atoms with E-state index < -0.39 is 0 Å². The summed E-state index contributed by atoms with van der Waals surface area (Å²) in [4.78, 5) is 11.8. The number of ether oxygens (including phenoxy) is 1. The van der Waals surface area contributed by atoms with Gasteiger partial charge in [0, 0.05) is 38.0 Å². The molecule has 1 aromatic heterocycles. The van der Waals surface area contributed by atoms with E-state index >= 15 is 0 Å². The molecule has 0 spiro atoms. The van der Waals surface area contributed by atoms with Gasteiger partial charge < -0.3 is 19.9 Å². The van der Waals surface area contributed by atoms with Crippen molar-refractivity contribution in [3.05, 3.63) is 24.0 Å². The summed E-state index contributed by atoms with van der Waals surface area (Å²) in [6, 6.07) is 3.86. The third-order valence-corrected chi connectivity index (χ3v) is 3.93. The Hall–Kier alpha value is -1.49. The van der Waals surface area contributed by atoms with Crippen LogP contribution < -0.4 is 10.6 Å². The highest BCUT2D eigenvalue weighted by Crippen LogP contribution is 2.25. The van der Waals surface area contributed by atoms with Crippen LogP contribution in [0.2, 0.25) is 0 Å². The van der Waals surface area contributed by atoms with Gasteiger partial charge in [-0.15, -0.1) is 0 Å². The number of nitrogens with one attached hydrogen (secondary N) is 2. The van der Waals surface area contributed by atoms with Gasteiger partial charge in [-0.25, -0.2) is 4.79 Å². The Morgan fingerprint density at radius 2 is 2.30 bits per heavy atom. The van der Waals surface area contributed by atoms with Gasteiger partial charge in [0.2, 0.25) is 0 Å². The molecule has 0 aliphatic carbocycles. The van der Waals surface area contributed by atoms with E-state index in [0.717, 1.165) is 18.7 Å². The summed E-state index contributed by atoms with van der Waals surface area (Å²) in [5.74, 6) is 0.923. The lowest BCUT2D eigenvalue weighted by atomic mass is 9.93. The molecule has 1 aliphatic heterocycles. The molecule has 1 saturated heterocycles. The molecule has 2 rings (SSSR count). The van der Waals surface area contributed by atoms with Gasteiger partial charge in [-0.05, 0) is 24.5 Å². The van der Waals surface area contributed by atoms with Crippen LogP contribution >= 0.6 is 0 Å². The largest absolute Gasteiger partial charge is 0.378 e. The van der Waals surface area contributed by atoms with Crippen molar-refractivity contribution in [3.8, 4) is 0 Å². The minimum Gasteiger partial charge on any atom is -0.378 e. The average Bonchev–Trinajstić information content (AvgIpc) is 3.02. The third-order valence-electron chi connectivity index (χ3n) is 3.93. The standard InChI is InChI=1S/C15H25N3O2/c1-11(2)14-12(6-8-20-14)9-16-15(19)17-10-13-5-4-7-18(13)3/h4-5,7,11-12,14H,6,8-10H2,1-3H3,(H2,16,17,19)/t12-,14+/m0/s1. The molecule has 2 atom stereocenters. The second-order valence-electron chi connectivity index (χ2n) is 5.80. The molecule has 2 amide bonds. The number of carbonyl (C=O) groups is 1. The van der Waals surface area contributed by atoms with Gasteiger partial charge in [0.15, 0.2) is 0 Å². The third kappa shape index (κ3) is 3.76. The van der Waals surface area contributed by atoms with E-state index in [-0.39, 0.29) is 12.1 Å². The van der Waals surface area contributed by atoms with Crippen molar-refractivity contribution < 1.29 is 9.53 Å². The van der Waals surface area contributed by atoms with E-state index in [0.29, 0.717) is 24.9 Å². The first kappa shape index (κ1) is 14.9. The molecule has 5 heteroatoms. The lowest BCUT2D eigenvalue weighted by molar-refractivity contribution is 0.0545. The van der Waals surface area contributed by atoms with Crippen LogP contribution in [0.1, 0.15) is 26.0 Å². The predicted molar refractivity (Wildman–Crippen MR) is 78.3 cm³/mol. The zero-order valence-electron chi connectivity index (χ0n) is 12.6. The molecule has 0 radical (unpaired) electrons. The lowest BCUT2D eigenvalue weighted by Crippen LogP contribution is -2.40.